The molecule has 3 rings (SSSR count). The van der Waals surface area contributed by atoms with Gasteiger partial charge in [0.25, 0.3) is 0 Å². The number of para-hydroxylation sites is 1. The second-order valence-electron chi connectivity index (χ2n) is 4.33. The van der Waals surface area contributed by atoms with Gasteiger partial charge in [-0.1, -0.05) is 42.5 Å². The Hall–Kier alpha value is -1.27. The van der Waals surface area contributed by atoms with Crippen LogP contribution >= 0.6 is 34.8 Å². The van der Waals surface area contributed by atoms with Gasteiger partial charge < -0.3 is 0 Å². The second-order valence-corrected chi connectivity index (χ2v) is 5.68. The zero-order valence-corrected chi connectivity index (χ0v) is 13.3. The molecule has 2 nitrogen and oxygen atoms in total. The molecule has 1 heterocycles. The van der Waals surface area contributed by atoms with Crippen molar-refractivity contribution in [2.24, 2.45) is 0 Å². The highest BCUT2D eigenvalue weighted by atomic mass is 127. The van der Waals surface area contributed by atoms with Crippen molar-refractivity contribution in [3.8, 4) is 5.69 Å². The van der Waals surface area contributed by atoms with Crippen LogP contribution in [0.15, 0.2) is 48.5 Å². The molecule has 0 aliphatic heterocycles. The molecular formula is C15H11IN2S. The standard InChI is InChI=1S/C15H11IN2S/c1-10-6-5-9-12-13(10)14(19)18(15(16)17-12)11-7-3-2-4-8-11/h2-9H,1H3. The van der Waals surface area contributed by atoms with Crippen LogP contribution in [0.4, 0.5) is 0 Å². The van der Waals surface area contributed by atoms with E-state index in [1.165, 1.54) is 0 Å². The third-order valence-corrected chi connectivity index (χ3v) is 4.19. The van der Waals surface area contributed by atoms with E-state index in [-0.39, 0.29) is 0 Å². The molecule has 0 radical (unpaired) electrons. The maximum Gasteiger partial charge on any atom is 0.177 e. The van der Waals surface area contributed by atoms with E-state index in [0.29, 0.717) is 0 Å². The van der Waals surface area contributed by atoms with Crippen LogP contribution in [-0.2, 0) is 0 Å². The van der Waals surface area contributed by atoms with Crippen molar-refractivity contribution in [1.29, 1.82) is 0 Å². The van der Waals surface area contributed by atoms with Gasteiger partial charge in [-0.15, -0.1) is 0 Å². The number of aryl methyl sites for hydroxylation is 1. The van der Waals surface area contributed by atoms with Crippen LogP contribution in [0.2, 0.25) is 0 Å². The van der Waals surface area contributed by atoms with E-state index in [4.69, 9.17) is 12.2 Å². The van der Waals surface area contributed by atoms with Gasteiger partial charge in [0.2, 0.25) is 0 Å². The van der Waals surface area contributed by atoms with Gasteiger partial charge in [-0.2, -0.15) is 0 Å². The first-order chi connectivity index (χ1) is 9.18. The average Bonchev–Trinajstić information content (AvgIpc) is 2.39. The predicted octanol–water partition coefficient (Wildman–Crippen LogP) is 4.67. The molecule has 0 amide bonds. The second kappa shape index (κ2) is 5.02. The Morgan fingerprint density at radius 1 is 1.05 bits per heavy atom. The number of hydrogen-bond acceptors (Lipinski definition) is 2. The lowest BCUT2D eigenvalue weighted by atomic mass is 10.1. The number of nitrogens with zero attached hydrogens (tertiary/aromatic N) is 2. The maximum absolute atomic E-state index is 5.67. The lowest BCUT2D eigenvalue weighted by Crippen LogP contribution is -2.05. The zero-order chi connectivity index (χ0) is 13.4. The Labute approximate surface area is 130 Å². The molecule has 3 aromatic rings. The molecule has 0 aliphatic rings. The number of halogens is 1. The van der Waals surface area contributed by atoms with Crippen molar-refractivity contribution in [2.45, 2.75) is 6.92 Å². The highest BCUT2D eigenvalue weighted by Crippen LogP contribution is 2.23. The first kappa shape index (κ1) is 12.7. The third-order valence-electron chi connectivity index (χ3n) is 3.08. The van der Waals surface area contributed by atoms with E-state index >= 15 is 0 Å². The Kier molecular flexibility index (Phi) is 3.36. The predicted molar refractivity (Wildman–Crippen MR) is 89.4 cm³/mol. The lowest BCUT2D eigenvalue weighted by Gasteiger charge is -2.12. The average molecular weight is 378 g/mol. The monoisotopic (exact) mass is 378 g/mol. The molecular weight excluding hydrogens is 367 g/mol. The van der Waals surface area contributed by atoms with Crippen LogP contribution in [0.1, 0.15) is 5.56 Å². The SMILES string of the molecule is Cc1cccc2nc(I)n(-c3ccccc3)c(=S)c12. The molecule has 0 fully saturated rings. The summed E-state index contributed by atoms with van der Waals surface area (Å²) in [6.07, 6.45) is 0. The highest BCUT2D eigenvalue weighted by Gasteiger charge is 2.09. The number of rotatable bonds is 1. The molecule has 4 heteroatoms. The lowest BCUT2D eigenvalue weighted by molar-refractivity contribution is 0.944. The summed E-state index contributed by atoms with van der Waals surface area (Å²) in [7, 11) is 0. The Morgan fingerprint density at radius 2 is 1.79 bits per heavy atom. The van der Waals surface area contributed by atoms with Crippen molar-refractivity contribution in [1.82, 2.24) is 9.55 Å². The molecule has 19 heavy (non-hydrogen) atoms. The Morgan fingerprint density at radius 3 is 2.53 bits per heavy atom. The van der Waals surface area contributed by atoms with Crippen LogP contribution in [-0.4, -0.2) is 9.55 Å². The number of benzene rings is 2. The quantitative estimate of drug-likeness (QED) is 0.348. The summed E-state index contributed by atoms with van der Waals surface area (Å²) in [5.41, 5.74) is 3.17. The molecule has 0 spiro atoms. The zero-order valence-electron chi connectivity index (χ0n) is 10.3. The van der Waals surface area contributed by atoms with Crippen molar-refractivity contribution >= 4 is 45.7 Å². The first-order valence-electron chi connectivity index (χ1n) is 5.92. The van der Waals surface area contributed by atoms with Gasteiger partial charge >= 0.3 is 0 Å². The maximum atomic E-state index is 5.67. The van der Waals surface area contributed by atoms with Gasteiger partial charge in [-0.3, -0.25) is 4.57 Å². The number of fused-ring (bicyclic) bond motifs is 1. The number of hydrogen-bond donors (Lipinski definition) is 0. The minimum absolute atomic E-state index is 0.818. The summed E-state index contributed by atoms with van der Waals surface area (Å²) in [5, 5.41) is 1.06. The summed E-state index contributed by atoms with van der Waals surface area (Å²) in [6, 6.07) is 16.2. The fourth-order valence-electron chi connectivity index (χ4n) is 2.17. The van der Waals surface area contributed by atoms with E-state index in [1.54, 1.807) is 0 Å². The molecule has 0 saturated heterocycles. The van der Waals surface area contributed by atoms with Gasteiger partial charge in [0.1, 0.15) is 4.64 Å². The number of aromatic nitrogens is 2. The highest BCUT2D eigenvalue weighted by molar-refractivity contribution is 14.1. The molecule has 0 unspecified atom stereocenters. The van der Waals surface area contributed by atoms with Crippen LogP contribution < -0.4 is 0 Å². The van der Waals surface area contributed by atoms with Crippen LogP contribution in [0.5, 0.6) is 0 Å². The fraction of sp³-hybridized carbons (Fsp3) is 0.0667. The van der Waals surface area contributed by atoms with Gasteiger partial charge in [0, 0.05) is 33.7 Å². The van der Waals surface area contributed by atoms with Crippen molar-refractivity contribution in [3.63, 3.8) is 0 Å². The molecule has 0 N–H and O–H groups in total. The summed E-state index contributed by atoms with van der Waals surface area (Å²) in [5.74, 6) is 0. The molecule has 0 bridgehead atoms. The summed E-state index contributed by atoms with van der Waals surface area (Å²) in [6.45, 7) is 2.07. The molecule has 0 atom stereocenters. The molecule has 2 aromatic carbocycles. The summed E-state index contributed by atoms with van der Waals surface area (Å²) < 4.78 is 3.72. The van der Waals surface area contributed by atoms with E-state index in [2.05, 4.69) is 40.6 Å². The van der Waals surface area contributed by atoms with Gasteiger partial charge in [0.15, 0.2) is 3.83 Å². The minimum atomic E-state index is 0.818. The van der Waals surface area contributed by atoms with Gasteiger partial charge in [-0.25, -0.2) is 4.98 Å². The van der Waals surface area contributed by atoms with E-state index in [1.807, 2.05) is 47.0 Å². The van der Waals surface area contributed by atoms with Crippen molar-refractivity contribution in [2.75, 3.05) is 0 Å². The van der Waals surface area contributed by atoms with Gasteiger partial charge in [-0.05, 0) is 30.7 Å². The van der Waals surface area contributed by atoms with E-state index in [9.17, 15) is 0 Å². The van der Waals surface area contributed by atoms with Crippen LogP contribution in [0.25, 0.3) is 16.6 Å². The normalized spacial score (nSPS) is 10.8. The topological polar surface area (TPSA) is 17.8 Å². The molecule has 0 saturated carbocycles. The van der Waals surface area contributed by atoms with Gasteiger partial charge in [0.05, 0.1) is 5.52 Å². The van der Waals surface area contributed by atoms with Crippen LogP contribution in [0.3, 0.4) is 0 Å². The summed E-state index contributed by atoms with van der Waals surface area (Å²) >= 11 is 7.90. The Balaban J connectivity index is 2.45. The molecule has 0 aliphatic carbocycles. The molecule has 94 valence electrons. The van der Waals surface area contributed by atoms with E-state index in [0.717, 1.165) is 30.6 Å². The minimum Gasteiger partial charge on any atom is -0.280 e. The van der Waals surface area contributed by atoms with Crippen molar-refractivity contribution in [3.05, 3.63) is 62.6 Å². The van der Waals surface area contributed by atoms with Crippen molar-refractivity contribution < 1.29 is 0 Å². The fourth-order valence-corrected chi connectivity index (χ4v) is 3.57. The smallest absolute Gasteiger partial charge is 0.177 e. The third kappa shape index (κ3) is 2.19. The molecule has 1 aromatic heterocycles. The summed E-state index contributed by atoms with van der Waals surface area (Å²) in [4.78, 5) is 4.66. The largest absolute Gasteiger partial charge is 0.280 e. The first-order valence-corrected chi connectivity index (χ1v) is 7.40. The Bertz CT molecular complexity index is 809. The van der Waals surface area contributed by atoms with E-state index < -0.39 is 0 Å². The van der Waals surface area contributed by atoms with Crippen LogP contribution in [0, 0.1) is 15.4 Å².